The molecule has 1 aliphatic rings. The number of guanidine groups is 1. The molecule has 3 aromatic rings. The van der Waals surface area contributed by atoms with E-state index in [1.807, 2.05) is 24.8 Å². The Labute approximate surface area is 216 Å². The van der Waals surface area contributed by atoms with Gasteiger partial charge >= 0.3 is 6.36 Å². The molecule has 37 heavy (non-hydrogen) atoms. The number of ether oxygens (including phenoxy) is 1. The number of aromatic nitrogens is 4. The monoisotopic (exact) mass is 531 g/mol. The van der Waals surface area contributed by atoms with E-state index in [1.54, 1.807) is 24.5 Å². The van der Waals surface area contributed by atoms with Crippen molar-refractivity contribution in [2.24, 2.45) is 4.99 Å². The molecule has 0 amide bonds. The third-order valence-corrected chi connectivity index (χ3v) is 5.34. The molecule has 0 bridgehead atoms. The van der Waals surface area contributed by atoms with E-state index in [1.165, 1.54) is 18.2 Å². The number of hydrogen-bond donors (Lipinski definition) is 2. The van der Waals surface area contributed by atoms with Crippen molar-refractivity contribution in [1.29, 1.82) is 0 Å². The number of hydrogen-bond acceptors (Lipinski definition) is 7. The standard InChI is InChI=1S/C23H24F3N9OS/c1-15-13-16(2)30-19(29-15)32-21(35-11-9-34(10-12-35)20-27-7-4-8-28-20)33-22(37)31-17-5-3-6-18(14-17)36-23(24,25)26/h3-8,13-14H,9-12H2,1-2H3,(H2,29,30,31,32,33,37). The van der Waals surface area contributed by atoms with Crippen molar-refractivity contribution >= 4 is 40.9 Å². The maximum Gasteiger partial charge on any atom is 0.573 e. The number of anilines is 3. The maximum absolute atomic E-state index is 12.6. The van der Waals surface area contributed by atoms with E-state index in [-0.39, 0.29) is 10.9 Å². The average Bonchev–Trinajstić information content (AvgIpc) is 2.83. The molecule has 14 heteroatoms. The van der Waals surface area contributed by atoms with Gasteiger partial charge in [0.25, 0.3) is 0 Å². The summed E-state index contributed by atoms with van der Waals surface area (Å²) in [5.74, 6) is 1.03. The van der Waals surface area contributed by atoms with Crippen LogP contribution in [0.2, 0.25) is 0 Å². The number of benzene rings is 1. The van der Waals surface area contributed by atoms with Crippen LogP contribution in [0.4, 0.5) is 30.8 Å². The highest BCUT2D eigenvalue weighted by atomic mass is 32.1. The van der Waals surface area contributed by atoms with Gasteiger partial charge in [0.1, 0.15) is 5.75 Å². The first-order chi connectivity index (χ1) is 17.6. The van der Waals surface area contributed by atoms with Crippen molar-refractivity contribution in [3.8, 4) is 5.75 Å². The van der Waals surface area contributed by atoms with E-state index in [0.29, 0.717) is 49.7 Å². The first-order valence-electron chi connectivity index (χ1n) is 11.3. The van der Waals surface area contributed by atoms with E-state index >= 15 is 0 Å². The van der Waals surface area contributed by atoms with Crippen LogP contribution in [0.3, 0.4) is 0 Å². The van der Waals surface area contributed by atoms with Crippen LogP contribution in [0.5, 0.6) is 5.75 Å². The zero-order valence-electron chi connectivity index (χ0n) is 20.0. The van der Waals surface area contributed by atoms with Crippen LogP contribution >= 0.6 is 12.2 Å². The summed E-state index contributed by atoms with van der Waals surface area (Å²) in [6, 6.07) is 8.98. The maximum atomic E-state index is 12.6. The molecule has 4 rings (SSSR count). The summed E-state index contributed by atoms with van der Waals surface area (Å²) in [5, 5.41) is 6.02. The number of piperazine rings is 1. The van der Waals surface area contributed by atoms with Crippen LogP contribution in [0.15, 0.2) is 53.8 Å². The summed E-state index contributed by atoms with van der Waals surface area (Å²) in [6.45, 7) is 6.14. The Morgan fingerprint density at radius 3 is 2.30 bits per heavy atom. The number of aryl methyl sites for hydroxylation is 2. The van der Waals surface area contributed by atoms with Crippen LogP contribution in [0.1, 0.15) is 11.4 Å². The molecule has 0 aliphatic carbocycles. The second-order valence-corrected chi connectivity index (χ2v) is 8.45. The minimum absolute atomic E-state index is 0.0323. The average molecular weight is 532 g/mol. The number of rotatable bonds is 4. The Balaban J connectivity index is 1.52. The van der Waals surface area contributed by atoms with Crippen molar-refractivity contribution in [3.63, 3.8) is 0 Å². The Hall–Kier alpha value is -4.07. The predicted octanol–water partition coefficient (Wildman–Crippen LogP) is 3.77. The molecule has 1 aliphatic heterocycles. The summed E-state index contributed by atoms with van der Waals surface area (Å²) in [6.07, 6.45) is -1.41. The van der Waals surface area contributed by atoms with Crippen LogP contribution in [0.25, 0.3) is 0 Å². The first-order valence-corrected chi connectivity index (χ1v) is 11.7. The van der Waals surface area contributed by atoms with Gasteiger partial charge in [-0.2, -0.15) is 4.99 Å². The van der Waals surface area contributed by atoms with E-state index < -0.39 is 6.36 Å². The fraction of sp³-hybridized carbons (Fsp3) is 0.304. The molecule has 3 heterocycles. The number of nitrogens with one attached hydrogen (secondary N) is 2. The van der Waals surface area contributed by atoms with Crippen LogP contribution in [-0.2, 0) is 0 Å². The molecule has 0 atom stereocenters. The van der Waals surface area contributed by atoms with E-state index in [4.69, 9.17) is 12.2 Å². The Morgan fingerprint density at radius 1 is 0.973 bits per heavy atom. The molecule has 1 aromatic carbocycles. The largest absolute Gasteiger partial charge is 0.573 e. The summed E-state index contributed by atoms with van der Waals surface area (Å²) in [7, 11) is 0. The lowest BCUT2D eigenvalue weighted by molar-refractivity contribution is -0.274. The quantitative estimate of drug-likeness (QED) is 0.294. The number of halogens is 3. The second-order valence-electron chi connectivity index (χ2n) is 8.06. The van der Waals surface area contributed by atoms with Gasteiger partial charge < -0.3 is 19.9 Å². The van der Waals surface area contributed by atoms with Crippen LogP contribution in [-0.4, -0.2) is 68.4 Å². The van der Waals surface area contributed by atoms with Gasteiger partial charge in [-0.05, 0) is 50.3 Å². The zero-order valence-corrected chi connectivity index (χ0v) is 20.8. The topological polar surface area (TPSA) is 104 Å². The lowest BCUT2D eigenvalue weighted by atomic mass is 10.3. The lowest BCUT2D eigenvalue weighted by Crippen LogP contribution is -2.51. The number of thiocarbonyl (C=S) groups is 1. The molecular formula is C23H24F3N9OS. The van der Waals surface area contributed by atoms with Gasteiger partial charge in [-0.3, -0.25) is 5.32 Å². The molecule has 0 radical (unpaired) electrons. The van der Waals surface area contributed by atoms with E-state index in [2.05, 4.69) is 45.2 Å². The van der Waals surface area contributed by atoms with Gasteiger partial charge in [-0.25, -0.2) is 19.9 Å². The molecule has 10 nitrogen and oxygen atoms in total. The van der Waals surface area contributed by atoms with Crippen molar-refractivity contribution in [3.05, 3.63) is 60.2 Å². The minimum atomic E-state index is -4.80. The van der Waals surface area contributed by atoms with Crippen molar-refractivity contribution in [2.45, 2.75) is 20.2 Å². The Kier molecular flexibility index (Phi) is 7.96. The third-order valence-electron chi connectivity index (χ3n) is 5.15. The summed E-state index contributed by atoms with van der Waals surface area (Å²) in [4.78, 5) is 26.0. The van der Waals surface area contributed by atoms with Crippen molar-refractivity contribution in [1.82, 2.24) is 24.8 Å². The first kappa shape index (κ1) is 26.0. The molecule has 0 spiro atoms. The van der Waals surface area contributed by atoms with Gasteiger partial charge in [0.15, 0.2) is 0 Å². The molecule has 194 valence electrons. The smallest absolute Gasteiger partial charge is 0.406 e. The molecule has 2 N–H and O–H groups in total. The van der Waals surface area contributed by atoms with Gasteiger partial charge in [0, 0.05) is 61.7 Å². The molecule has 1 fully saturated rings. The van der Waals surface area contributed by atoms with Gasteiger partial charge in [0.05, 0.1) is 0 Å². The van der Waals surface area contributed by atoms with Crippen LogP contribution in [0, 0.1) is 13.8 Å². The molecule has 1 saturated heterocycles. The normalized spacial score (nSPS) is 14.4. The lowest BCUT2D eigenvalue weighted by Gasteiger charge is -2.36. The third kappa shape index (κ3) is 7.70. The zero-order chi connectivity index (χ0) is 26.4. The van der Waals surface area contributed by atoms with E-state index in [0.717, 1.165) is 11.4 Å². The minimum Gasteiger partial charge on any atom is -0.406 e. The summed E-state index contributed by atoms with van der Waals surface area (Å²) < 4.78 is 41.7. The van der Waals surface area contributed by atoms with Crippen molar-refractivity contribution in [2.75, 3.05) is 41.7 Å². The highest BCUT2D eigenvalue weighted by molar-refractivity contribution is 7.80. The Bertz CT molecular complexity index is 1250. The summed E-state index contributed by atoms with van der Waals surface area (Å²) in [5.41, 5.74) is 1.86. The van der Waals surface area contributed by atoms with Crippen molar-refractivity contribution < 1.29 is 17.9 Å². The predicted molar refractivity (Wildman–Crippen MR) is 138 cm³/mol. The van der Waals surface area contributed by atoms with Gasteiger partial charge in [-0.1, -0.05) is 6.07 Å². The highest BCUT2D eigenvalue weighted by Crippen LogP contribution is 2.25. The number of aliphatic imine (C=N–C) groups is 1. The number of alkyl halides is 3. The fourth-order valence-electron chi connectivity index (χ4n) is 3.65. The number of nitrogens with zero attached hydrogens (tertiary/aromatic N) is 7. The van der Waals surface area contributed by atoms with E-state index in [9.17, 15) is 13.2 Å². The van der Waals surface area contributed by atoms with Gasteiger partial charge in [0.2, 0.25) is 23.0 Å². The molecular weight excluding hydrogens is 507 g/mol. The molecule has 2 aromatic heterocycles. The summed E-state index contributed by atoms with van der Waals surface area (Å²) >= 11 is 5.40. The fourth-order valence-corrected chi connectivity index (χ4v) is 3.86. The molecule has 0 unspecified atom stereocenters. The highest BCUT2D eigenvalue weighted by Gasteiger charge is 2.31. The molecule has 0 saturated carbocycles. The van der Waals surface area contributed by atoms with Crippen LogP contribution < -0.4 is 20.3 Å². The van der Waals surface area contributed by atoms with Gasteiger partial charge in [-0.15, -0.1) is 13.2 Å². The second kappa shape index (κ2) is 11.3. The SMILES string of the molecule is Cc1cc(C)nc(N/C(=N/C(=S)Nc2cccc(OC(F)(F)F)c2)N2CCN(c3ncccn3)CC2)n1. The Morgan fingerprint density at radius 2 is 1.65 bits per heavy atom.